The van der Waals surface area contributed by atoms with E-state index >= 15 is 0 Å². The van der Waals surface area contributed by atoms with Gasteiger partial charge in [-0.2, -0.15) is 4.39 Å². The fourth-order valence-electron chi connectivity index (χ4n) is 3.11. The topological polar surface area (TPSA) is 114 Å². The lowest BCUT2D eigenvalue weighted by Crippen LogP contribution is -2.22. The third-order valence-corrected chi connectivity index (χ3v) is 4.77. The maximum atomic E-state index is 13.8. The monoisotopic (exact) mass is 434 g/mol. The van der Waals surface area contributed by atoms with Crippen LogP contribution in [0.4, 0.5) is 9.18 Å². The van der Waals surface area contributed by atoms with Crippen LogP contribution in [0.1, 0.15) is 62.4 Å². The molecule has 1 aromatic heterocycles. The van der Waals surface area contributed by atoms with Gasteiger partial charge < -0.3 is 24.4 Å². The van der Waals surface area contributed by atoms with Gasteiger partial charge in [0, 0.05) is 5.56 Å². The van der Waals surface area contributed by atoms with Gasteiger partial charge in [0.2, 0.25) is 5.89 Å². The van der Waals surface area contributed by atoms with E-state index in [2.05, 4.69) is 4.98 Å². The first-order valence-corrected chi connectivity index (χ1v) is 10.0. The van der Waals surface area contributed by atoms with Crippen molar-refractivity contribution in [1.82, 2.24) is 4.98 Å². The van der Waals surface area contributed by atoms with Gasteiger partial charge in [-0.1, -0.05) is 20.8 Å². The molecule has 0 aliphatic heterocycles. The van der Waals surface area contributed by atoms with Gasteiger partial charge in [-0.25, -0.2) is 9.78 Å². The molecule has 1 atom stereocenters. The molecule has 8 nitrogen and oxygen atoms in total. The Hall–Kier alpha value is -3.10. The molecule has 1 amide bonds. The predicted octanol–water partition coefficient (Wildman–Crippen LogP) is 4.82. The lowest BCUT2D eigenvalue weighted by molar-refractivity contribution is 0.0620. The average Bonchev–Trinajstić information content (AvgIpc) is 3.39. The van der Waals surface area contributed by atoms with Crippen molar-refractivity contribution in [1.29, 1.82) is 0 Å². The summed E-state index contributed by atoms with van der Waals surface area (Å²) < 4.78 is 35.8. The first-order chi connectivity index (χ1) is 14.6. The minimum atomic E-state index is -1.80. The summed E-state index contributed by atoms with van der Waals surface area (Å²) in [5.41, 5.74) is 4.74. The number of methoxy groups -OCH3 is 1. The Morgan fingerprint density at radius 2 is 2.00 bits per heavy atom. The number of ether oxygens (including phenoxy) is 3. The molecule has 31 heavy (non-hydrogen) atoms. The number of halogens is 1. The van der Waals surface area contributed by atoms with Gasteiger partial charge in [-0.15, -0.1) is 0 Å². The molecule has 168 valence electrons. The second-order valence-corrected chi connectivity index (χ2v) is 8.82. The average molecular weight is 434 g/mol. The van der Waals surface area contributed by atoms with Crippen LogP contribution in [-0.2, 0) is 4.74 Å². The molecule has 1 aliphatic carbocycles. The highest BCUT2D eigenvalue weighted by molar-refractivity contribution is 5.88. The molecule has 2 aromatic rings. The number of oxazole rings is 1. The Balaban J connectivity index is 1.99. The third-order valence-electron chi connectivity index (χ3n) is 4.77. The Kier molecular flexibility index (Phi) is 6.52. The summed E-state index contributed by atoms with van der Waals surface area (Å²) >= 11 is 0. The number of carbonyl (C=O) groups is 2. The van der Waals surface area contributed by atoms with E-state index in [0.29, 0.717) is 29.6 Å². The molecular weight excluding hydrogens is 407 g/mol. The predicted molar refractivity (Wildman–Crippen MR) is 110 cm³/mol. The maximum absolute atomic E-state index is 13.8. The van der Waals surface area contributed by atoms with E-state index in [1.54, 1.807) is 18.2 Å². The van der Waals surface area contributed by atoms with E-state index in [-0.39, 0.29) is 23.5 Å². The fourth-order valence-corrected chi connectivity index (χ4v) is 3.11. The molecule has 1 aliphatic rings. The molecule has 0 radical (unpaired) electrons. The van der Waals surface area contributed by atoms with Gasteiger partial charge in [0.15, 0.2) is 29.1 Å². The van der Waals surface area contributed by atoms with E-state index in [4.69, 9.17) is 24.4 Å². The molecular formula is C22H27FN2O6. The number of amides is 1. The van der Waals surface area contributed by atoms with Crippen LogP contribution in [0.25, 0.3) is 11.5 Å². The SMILES string of the molecule is COc1ccc(-c2nc(C(=O)F)c(C(CC(C)(C)C)OC(N)=O)o2)cc1OCC1CC1. The number of hydrogen-bond donors (Lipinski definition) is 1. The number of hydrogen-bond acceptors (Lipinski definition) is 7. The zero-order valence-electron chi connectivity index (χ0n) is 18.1. The van der Waals surface area contributed by atoms with Crippen LogP contribution in [0, 0.1) is 11.3 Å². The van der Waals surface area contributed by atoms with Gasteiger partial charge in [-0.05, 0) is 48.8 Å². The summed E-state index contributed by atoms with van der Waals surface area (Å²) in [6, 6.07) is 3.18. The zero-order valence-corrected chi connectivity index (χ0v) is 18.1. The van der Waals surface area contributed by atoms with Crippen molar-refractivity contribution in [2.45, 2.75) is 46.1 Å². The van der Waals surface area contributed by atoms with Crippen molar-refractivity contribution in [3.8, 4) is 23.0 Å². The van der Waals surface area contributed by atoms with Crippen molar-refractivity contribution in [3.05, 3.63) is 29.7 Å². The number of aromatic nitrogens is 1. The van der Waals surface area contributed by atoms with Crippen molar-refractivity contribution in [2.75, 3.05) is 13.7 Å². The lowest BCUT2D eigenvalue weighted by atomic mass is 9.88. The Morgan fingerprint density at radius 1 is 1.29 bits per heavy atom. The van der Waals surface area contributed by atoms with Crippen LogP contribution < -0.4 is 15.2 Å². The van der Waals surface area contributed by atoms with Crippen LogP contribution in [-0.4, -0.2) is 30.8 Å². The third kappa shape index (κ3) is 5.96. The summed E-state index contributed by atoms with van der Waals surface area (Å²) in [5, 5.41) is 0. The van der Waals surface area contributed by atoms with E-state index < -0.39 is 23.9 Å². The van der Waals surface area contributed by atoms with Crippen molar-refractivity contribution < 1.29 is 32.6 Å². The van der Waals surface area contributed by atoms with Crippen LogP contribution in [0.15, 0.2) is 22.6 Å². The van der Waals surface area contributed by atoms with Crippen LogP contribution >= 0.6 is 0 Å². The highest BCUT2D eigenvalue weighted by Crippen LogP contribution is 2.39. The minimum Gasteiger partial charge on any atom is -0.493 e. The normalized spacial score (nSPS) is 14.7. The second-order valence-electron chi connectivity index (χ2n) is 8.82. The molecule has 1 saturated carbocycles. The molecule has 0 spiro atoms. The quantitative estimate of drug-likeness (QED) is 0.563. The fraction of sp³-hybridized carbons (Fsp3) is 0.500. The van der Waals surface area contributed by atoms with E-state index in [1.165, 1.54) is 7.11 Å². The molecule has 9 heteroatoms. The molecule has 1 unspecified atom stereocenters. The van der Waals surface area contributed by atoms with Gasteiger partial charge in [-0.3, -0.25) is 4.79 Å². The van der Waals surface area contributed by atoms with Crippen LogP contribution in [0.5, 0.6) is 11.5 Å². The standard InChI is InChI=1S/C22H27FN2O6/c1-22(2,3)10-16(30-21(24)27)18-17(19(23)26)25-20(31-18)13-7-8-14(28-4)15(9-13)29-11-12-5-6-12/h7-9,12,16H,5-6,10-11H2,1-4H3,(H2,24,27). The summed E-state index contributed by atoms with van der Waals surface area (Å²) in [7, 11) is 1.53. The number of benzene rings is 1. The first kappa shape index (κ1) is 22.6. The van der Waals surface area contributed by atoms with Crippen LogP contribution in [0.2, 0.25) is 0 Å². The highest BCUT2D eigenvalue weighted by atomic mass is 19.1. The van der Waals surface area contributed by atoms with Gasteiger partial charge in [0.1, 0.15) is 0 Å². The molecule has 1 fully saturated rings. The number of rotatable bonds is 9. The molecule has 0 saturated heterocycles. The Bertz CT molecular complexity index is 961. The highest BCUT2D eigenvalue weighted by Gasteiger charge is 2.33. The Labute approximate surface area is 179 Å². The smallest absolute Gasteiger partial charge is 0.405 e. The molecule has 2 N–H and O–H groups in total. The van der Waals surface area contributed by atoms with Gasteiger partial charge in [0.05, 0.1) is 13.7 Å². The first-order valence-electron chi connectivity index (χ1n) is 10.0. The summed E-state index contributed by atoms with van der Waals surface area (Å²) in [5.74, 6) is 1.34. The maximum Gasteiger partial charge on any atom is 0.405 e. The molecule has 1 aromatic carbocycles. The van der Waals surface area contributed by atoms with Crippen molar-refractivity contribution in [3.63, 3.8) is 0 Å². The second kappa shape index (κ2) is 8.95. The van der Waals surface area contributed by atoms with Crippen molar-refractivity contribution >= 4 is 12.1 Å². The number of carbonyl (C=O) groups excluding carboxylic acids is 2. The molecule has 1 heterocycles. The molecule has 3 rings (SSSR count). The lowest BCUT2D eigenvalue weighted by Gasteiger charge is -2.24. The molecule has 0 bridgehead atoms. The number of nitrogens with zero attached hydrogens (tertiary/aromatic N) is 1. The Morgan fingerprint density at radius 3 is 2.55 bits per heavy atom. The van der Waals surface area contributed by atoms with Gasteiger partial charge in [0.25, 0.3) is 0 Å². The van der Waals surface area contributed by atoms with Gasteiger partial charge >= 0.3 is 12.1 Å². The minimum absolute atomic E-state index is 0.0121. The van der Waals surface area contributed by atoms with Crippen molar-refractivity contribution in [2.24, 2.45) is 17.1 Å². The van der Waals surface area contributed by atoms with E-state index in [0.717, 1.165) is 12.8 Å². The van der Waals surface area contributed by atoms with E-state index in [9.17, 15) is 14.0 Å². The largest absolute Gasteiger partial charge is 0.493 e. The van der Waals surface area contributed by atoms with Crippen LogP contribution in [0.3, 0.4) is 0 Å². The zero-order chi connectivity index (χ0) is 22.8. The van der Waals surface area contributed by atoms with E-state index in [1.807, 2.05) is 20.8 Å². The number of primary amides is 1. The summed E-state index contributed by atoms with van der Waals surface area (Å²) in [4.78, 5) is 27.0. The summed E-state index contributed by atoms with van der Waals surface area (Å²) in [6.07, 6.45) is 0.356. The summed E-state index contributed by atoms with van der Waals surface area (Å²) in [6.45, 7) is 6.24. The number of nitrogens with two attached hydrogens (primary N) is 1.